The van der Waals surface area contributed by atoms with Crippen LogP contribution in [0.15, 0.2) is 58.4 Å². The summed E-state index contributed by atoms with van der Waals surface area (Å²) in [6, 6.07) is 10.3. The molecule has 26 heavy (non-hydrogen) atoms. The van der Waals surface area contributed by atoms with Crippen molar-refractivity contribution < 1.29 is 14.5 Å². The van der Waals surface area contributed by atoms with Gasteiger partial charge in [-0.05, 0) is 25.1 Å². The van der Waals surface area contributed by atoms with Crippen molar-refractivity contribution in [3.8, 4) is 0 Å². The highest BCUT2D eigenvalue weighted by atomic mass is 32.2. The molecule has 0 saturated heterocycles. The van der Waals surface area contributed by atoms with Crippen LogP contribution in [-0.2, 0) is 16.1 Å². The molecule has 10 heteroatoms. The Labute approximate surface area is 152 Å². The molecule has 0 aliphatic carbocycles. The molecule has 2 N–H and O–H groups in total. The number of nitro groups is 1. The third-order valence-electron chi connectivity index (χ3n) is 3.27. The van der Waals surface area contributed by atoms with Crippen LogP contribution in [0.1, 0.15) is 6.92 Å². The SMILES string of the molecule is C[C@@H](Sc1ccc([N+](=O)[O-])cc1)C(=O)NNC(=O)Cn1ccccc1=O. The lowest BCUT2D eigenvalue weighted by molar-refractivity contribution is -0.384. The van der Waals surface area contributed by atoms with E-state index in [0.717, 1.165) is 0 Å². The number of pyridine rings is 1. The number of hydrazine groups is 1. The maximum Gasteiger partial charge on any atom is 0.269 e. The largest absolute Gasteiger partial charge is 0.306 e. The van der Waals surface area contributed by atoms with Gasteiger partial charge in [0.05, 0.1) is 10.2 Å². The molecule has 0 aliphatic rings. The summed E-state index contributed by atoms with van der Waals surface area (Å²) in [6.45, 7) is 1.42. The van der Waals surface area contributed by atoms with Gasteiger partial charge >= 0.3 is 0 Å². The topological polar surface area (TPSA) is 123 Å². The average Bonchev–Trinajstić information content (AvgIpc) is 2.62. The summed E-state index contributed by atoms with van der Waals surface area (Å²) >= 11 is 1.19. The molecular weight excluding hydrogens is 360 g/mol. The fraction of sp³-hybridized carbons (Fsp3) is 0.188. The van der Waals surface area contributed by atoms with E-state index in [9.17, 15) is 24.5 Å². The number of nitrogens with one attached hydrogen (secondary N) is 2. The molecule has 0 fully saturated rings. The Morgan fingerprint density at radius 2 is 1.88 bits per heavy atom. The predicted octanol–water partition coefficient (Wildman–Crippen LogP) is 1.08. The van der Waals surface area contributed by atoms with Crippen molar-refractivity contribution >= 4 is 29.3 Å². The second-order valence-corrected chi connectivity index (χ2v) is 6.63. The zero-order chi connectivity index (χ0) is 19.1. The molecule has 136 valence electrons. The van der Waals surface area contributed by atoms with E-state index in [1.54, 1.807) is 31.2 Å². The first kappa shape index (κ1) is 19.2. The molecule has 1 aromatic heterocycles. The summed E-state index contributed by atoms with van der Waals surface area (Å²) in [4.78, 5) is 46.1. The van der Waals surface area contributed by atoms with Crippen LogP contribution in [0.25, 0.3) is 0 Å². The van der Waals surface area contributed by atoms with Crippen molar-refractivity contribution in [1.82, 2.24) is 15.4 Å². The molecule has 0 radical (unpaired) electrons. The van der Waals surface area contributed by atoms with Gasteiger partial charge in [-0.2, -0.15) is 0 Å². The zero-order valence-electron chi connectivity index (χ0n) is 13.7. The molecule has 0 spiro atoms. The minimum absolute atomic E-state index is 0.0325. The molecule has 0 saturated carbocycles. The molecule has 1 heterocycles. The van der Waals surface area contributed by atoms with Crippen molar-refractivity contribution in [3.63, 3.8) is 0 Å². The highest BCUT2D eigenvalue weighted by molar-refractivity contribution is 8.00. The number of aromatic nitrogens is 1. The van der Waals surface area contributed by atoms with E-state index in [-0.39, 0.29) is 17.8 Å². The van der Waals surface area contributed by atoms with Gasteiger partial charge in [-0.15, -0.1) is 11.8 Å². The summed E-state index contributed by atoms with van der Waals surface area (Å²) in [5, 5.41) is 10.1. The number of nitro benzene ring substituents is 1. The van der Waals surface area contributed by atoms with Gasteiger partial charge in [-0.25, -0.2) is 0 Å². The van der Waals surface area contributed by atoms with Gasteiger partial charge in [0, 0.05) is 29.3 Å². The van der Waals surface area contributed by atoms with Crippen molar-refractivity contribution in [3.05, 3.63) is 69.1 Å². The van der Waals surface area contributed by atoms with Crippen LogP contribution in [0.4, 0.5) is 5.69 Å². The van der Waals surface area contributed by atoms with Crippen molar-refractivity contribution in [2.24, 2.45) is 0 Å². The monoisotopic (exact) mass is 376 g/mol. The Morgan fingerprint density at radius 3 is 2.50 bits per heavy atom. The molecule has 1 aromatic carbocycles. The van der Waals surface area contributed by atoms with E-state index in [4.69, 9.17) is 0 Å². The number of amides is 2. The molecule has 2 rings (SSSR count). The lowest BCUT2D eigenvalue weighted by Crippen LogP contribution is -2.46. The van der Waals surface area contributed by atoms with Crippen LogP contribution in [0.5, 0.6) is 0 Å². The molecule has 1 atom stereocenters. The molecule has 2 aromatic rings. The summed E-state index contributed by atoms with van der Waals surface area (Å²) in [5.74, 6) is -0.985. The Hall–Kier alpha value is -3.14. The predicted molar refractivity (Wildman–Crippen MR) is 95.4 cm³/mol. The summed E-state index contributed by atoms with van der Waals surface area (Å²) < 4.78 is 1.20. The number of nitrogens with zero attached hydrogens (tertiary/aromatic N) is 2. The fourth-order valence-electron chi connectivity index (χ4n) is 1.92. The van der Waals surface area contributed by atoms with Gasteiger partial charge < -0.3 is 4.57 Å². The number of thioether (sulfide) groups is 1. The number of benzene rings is 1. The molecule has 0 bridgehead atoms. The zero-order valence-corrected chi connectivity index (χ0v) is 14.6. The van der Waals surface area contributed by atoms with Crippen LogP contribution in [0.2, 0.25) is 0 Å². The second-order valence-electron chi connectivity index (χ2n) is 5.22. The number of carbonyl (C=O) groups excluding carboxylic acids is 2. The molecule has 0 unspecified atom stereocenters. The third kappa shape index (κ3) is 5.45. The summed E-state index contributed by atoms with van der Waals surface area (Å²) in [5.41, 5.74) is 4.18. The first-order chi connectivity index (χ1) is 12.4. The Kier molecular flexibility index (Phi) is 6.50. The highest BCUT2D eigenvalue weighted by Crippen LogP contribution is 2.25. The maximum atomic E-state index is 12.0. The minimum atomic E-state index is -0.545. The van der Waals surface area contributed by atoms with Crippen molar-refractivity contribution in [2.75, 3.05) is 0 Å². The van der Waals surface area contributed by atoms with Crippen molar-refractivity contribution in [2.45, 2.75) is 23.6 Å². The first-order valence-corrected chi connectivity index (χ1v) is 8.40. The van der Waals surface area contributed by atoms with Gasteiger partial charge in [0.1, 0.15) is 6.54 Å². The Balaban J connectivity index is 1.83. The fourth-order valence-corrected chi connectivity index (χ4v) is 2.79. The van der Waals surface area contributed by atoms with Crippen LogP contribution in [0, 0.1) is 10.1 Å². The average molecular weight is 376 g/mol. The highest BCUT2D eigenvalue weighted by Gasteiger charge is 2.16. The molecule has 2 amide bonds. The summed E-state index contributed by atoms with van der Waals surface area (Å²) in [6.07, 6.45) is 1.47. The van der Waals surface area contributed by atoms with E-state index in [1.807, 2.05) is 0 Å². The molecule has 0 aliphatic heterocycles. The van der Waals surface area contributed by atoms with Crippen LogP contribution in [0.3, 0.4) is 0 Å². The quantitative estimate of drug-likeness (QED) is 0.442. The smallest absolute Gasteiger partial charge is 0.269 e. The van der Waals surface area contributed by atoms with E-state index in [1.165, 1.54) is 40.7 Å². The number of carbonyl (C=O) groups is 2. The Bertz CT molecular complexity index is 865. The van der Waals surface area contributed by atoms with Crippen LogP contribution >= 0.6 is 11.8 Å². The standard InChI is InChI=1S/C16H16N4O5S/c1-11(26-13-7-5-12(6-8-13)20(24)25)16(23)18-17-14(21)10-19-9-3-2-4-15(19)22/h2-9,11H,10H2,1H3,(H,17,21)(H,18,23)/t11-/m1/s1. The lowest BCUT2D eigenvalue weighted by Gasteiger charge is -2.13. The van der Waals surface area contributed by atoms with Crippen molar-refractivity contribution in [1.29, 1.82) is 0 Å². The second kappa shape index (κ2) is 8.81. The Morgan fingerprint density at radius 1 is 1.19 bits per heavy atom. The van der Waals surface area contributed by atoms with Gasteiger partial charge in [0.25, 0.3) is 23.1 Å². The van der Waals surface area contributed by atoms with Gasteiger partial charge in [0.2, 0.25) is 0 Å². The van der Waals surface area contributed by atoms with Crippen LogP contribution in [-0.4, -0.2) is 26.6 Å². The number of non-ortho nitro benzene ring substituents is 1. The third-order valence-corrected chi connectivity index (χ3v) is 4.38. The molecule has 9 nitrogen and oxygen atoms in total. The van der Waals surface area contributed by atoms with Gasteiger partial charge in [0.15, 0.2) is 0 Å². The lowest BCUT2D eigenvalue weighted by atomic mass is 10.3. The van der Waals surface area contributed by atoms with Gasteiger partial charge in [-0.3, -0.25) is 35.3 Å². The van der Waals surface area contributed by atoms with E-state index in [0.29, 0.717) is 4.90 Å². The van der Waals surface area contributed by atoms with E-state index >= 15 is 0 Å². The van der Waals surface area contributed by atoms with E-state index < -0.39 is 22.0 Å². The number of hydrogen-bond donors (Lipinski definition) is 2. The number of rotatable bonds is 6. The minimum Gasteiger partial charge on any atom is -0.306 e. The van der Waals surface area contributed by atoms with E-state index in [2.05, 4.69) is 10.9 Å². The first-order valence-electron chi connectivity index (χ1n) is 7.52. The normalized spacial score (nSPS) is 11.4. The molecular formula is C16H16N4O5S. The number of hydrogen-bond acceptors (Lipinski definition) is 6. The van der Waals surface area contributed by atoms with Gasteiger partial charge in [-0.1, -0.05) is 6.07 Å². The van der Waals surface area contributed by atoms with Crippen LogP contribution < -0.4 is 16.4 Å². The summed E-state index contributed by atoms with van der Waals surface area (Å²) in [7, 11) is 0. The maximum absolute atomic E-state index is 12.0.